The van der Waals surface area contributed by atoms with Crippen molar-refractivity contribution in [2.75, 3.05) is 7.05 Å². The van der Waals surface area contributed by atoms with Crippen molar-refractivity contribution in [2.24, 2.45) is 0 Å². The monoisotopic (exact) mass is 321 g/mol. The van der Waals surface area contributed by atoms with Crippen molar-refractivity contribution in [3.8, 4) is 0 Å². The molecule has 2 aromatic carbocycles. The summed E-state index contributed by atoms with van der Waals surface area (Å²) >= 11 is 0. The van der Waals surface area contributed by atoms with E-state index in [1.54, 1.807) is 0 Å². The maximum absolute atomic E-state index is 6.32. The summed E-state index contributed by atoms with van der Waals surface area (Å²) in [6.45, 7) is 8.96. The fourth-order valence-electron chi connectivity index (χ4n) is 4.08. The molecular weight excluding hydrogens is 296 g/mol. The van der Waals surface area contributed by atoms with Crippen LogP contribution >= 0.6 is 0 Å². The smallest absolute Gasteiger partial charge is 0.196 e. The van der Waals surface area contributed by atoms with Crippen LogP contribution in [0.15, 0.2) is 53.2 Å². The number of benzene rings is 2. The maximum Gasteiger partial charge on any atom is 0.196 e. The van der Waals surface area contributed by atoms with Crippen molar-refractivity contribution in [2.45, 2.75) is 39.9 Å². The third-order valence-corrected chi connectivity index (χ3v) is 5.56. The van der Waals surface area contributed by atoms with Crippen LogP contribution in [0.1, 0.15) is 26.3 Å². The highest BCUT2D eigenvalue weighted by Gasteiger charge is 2.42. The standard InChI is InChI=1S/C21H25N2O/c1-14(2)22-12-13-23(5,16(22)4)20-15(3)10-11-18-17-8-6-7-9-19(17)24-21(18)20/h6-14,16H,1-5H3/q+1. The Morgan fingerprint density at radius 1 is 1.08 bits per heavy atom. The Balaban J connectivity index is 2.00. The second-order valence-corrected chi connectivity index (χ2v) is 7.32. The lowest BCUT2D eigenvalue weighted by Crippen LogP contribution is -2.52. The number of fused-ring (bicyclic) bond motifs is 3. The molecule has 1 aliphatic heterocycles. The molecule has 2 heterocycles. The SMILES string of the molecule is Cc1ccc2c(oc3ccccc32)c1[N+]1(C)C=CN(C(C)C)C1C. The molecule has 0 spiro atoms. The summed E-state index contributed by atoms with van der Waals surface area (Å²) in [5, 5.41) is 2.39. The molecular formula is C21H25N2O+. The molecule has 0 saturated carbocycles. The number of nitrogens with zero attached hydrogens (tertiary/aromatic N) is 2. The van der Waals surface area contributed by atoms with Crippen LogP contribution in [-0.4, -0.2) is 24.2 Å². The summed E-state index contributed by atoms with van der Waals surface area (Å²) in [4.78, 5) is 2.42. The van der Waals surface area contributed by atoms with Crippen molar-refractivity contribution in [1.29, 1.82) is 0 Å². The predicted octanol–water partition coefficient (Wildman–Crippen LogP) is 5.37. The Morgan fingerprint density at radius 2 is 1.83 bits per heavy atom. The maximum atomic E-state index is 6.32. The van der Waals surface area contributed by atoms with Crippen LogP contribution < -0.4 is 4.48 Å². The van der Waals surface area contributed by atoms with Gasteiger partial charge in [-0.25, -0.2) is 4.48 Å². The summed E-state index contributed by atoms with van der Waals surface area (Å²) in [7, 11) is 2.28. The van der Waals surface area contributed by atoms with Gasteiger partial charge in [0.1, 0.15) is 11.8 Å². The summed E-state index contributed by atoms with van der Waals surface area (Å²) in [5.41, 5.74) is 4.50. The van der Waals surface area contributed by atoms with Gasteiger partial charge in [-0.05, 0) is 32.9 Å². The van der Waals surface area contributed by atoms with Gasteiger partial charge in [-0.1, -0.05) is 24.3 Å². The molecule has 0 aliphatic carbocycles. The van der Waals surface area contributed by atoms with Gasteiger partial charge in [0.05, 0.1) is 13.2 Å². The highest BCUT2D eigenvalue weighted by Crippen LogP contribution is 2.43. The van der Waals surface area contributed by atoms with E-state index in [0.717, 1.165) is 15.6 Å². The Labute approximate surface area is 143 Å². The molecule has 3 heteroatoms. The van der Waals surface area contributed by atoms with E-state index in [0.29, 0.717) is 12.2 Å². The third kappa shape index (κ3) is 1.94. The van der Waals surface area contributed by atoms with Gasteiger partial charge < -0.3 is 9.32 Å². The second kappa shape index (κ2) is 5.12. The molecule has 3 aromatic rings. The minimum atomic E-state index is 0.336. The Morgan fingerprint density at radius 3 is 2.54 bits per heavy atom. The van der Waals surface area contributed by atoms with Crippen LogP contribution in [0.25, 0.3) is 21.9 Å². The van der Waals surface area contributed by atoms with Crippen molar-refractivity contribution >= 4 is 27.6 Å². The highest BCUT2D eigenvalue weighted by molar-refractivity contribution is 6.09. The number of aryl methyl sites for hydroxylation is 1. The number of furan rings is 1. The van der Waals surface area contributed by atoms with E-state index in [-0.39, 0.29) is 0 Å². The predicted molar refractivity (Wildman–Crippen MR) is 102 cm³/mol. The lowest BCUT2D eigenvalue weighted by Gasteiger charge is -2.37. The molecule has 0 saturated heterocycles. The van der Waals surface area contributed by atoms with E-state index in [4.69, 9.17) is 4.42 Å². The largest absolute Gasteiger partial charge is 0.450 e. The van der Waals surface area contributed by atoms with Gasteiger partial charge in [-0.3, -0.25) is 0 Å². The van der Waals surface area contributed by atoms with Crippen molar-refractivity contribution in [1.82, 2.24) is 9.38 Å². The van der Waals surface area contributed by atoms with Crippen LogP contribution in [0.5, 0.6) is 0 Å². The summed E-state index contributed by atoms with van der Waals surface area (Å²) in [6.07, 6.45) is 4.86. The fourth-order valence-corrected chi connectivity index (χ4v) is 4.08. The first kappa shape index (κ1) is 15.3. The van der Waals surface area contributed by atoms with Crippen LogP contribution in [0.3, 0.4) is 0 Å². The van der Waals surface area contributed by atoms with E-state index in [9.17, 15) is 0 Å². The number of quaternary nitrogens is 1. The van der Waals surface area contributed by atoms with Crippen molar-refractivity contribution in [3.63, 3.8) is 0 Å². The average Bonchev–Trinajstić information content (AvgIpc) is 3.06. The molecule has 0 bridgehead atoms. The van der Waals surface area contributed by atoms with Crippen molar-refractivity contribution < 1.29 is 4.42 Å². The molecule has 1 aromatic heterocycles. The van der Waals surface area contributed by atoms with Gasteiger partial charge in [0.15, 0.2) is 17.4 Å². The van der Waals surface area contributed by atoms with Gasteiger partial charge in [0.2, 0.25) is 0 Å². The quantitative estimate of drug-likeness (QED) is 0.590. The van der Waals surface area contributed by atoms with Crippen LogP contribution in [0.4, 0.5) is 5.69 Å². The second-order valence-electron chi connectivity index (χ2n) is 7.32. The Kier molecular flexibility index (Phi) is 3.26. The number of hydrogen-bond acceptors (Lipinski definition) is 2. The van der Waals surface area contributed by atoms with Gasteiger partial charge in [-0.15, -0.1) is 0 Å². The molecule has 4 rings (SSSR count). The molecule has 3 nitrogen and oxygen atoms in total. The number of rotatable bonds is 2. The van der Waals surface area contributed by atoms with Crippen LogP contribution in [0, 0.1) is 6.92 Å². The molecule has 2 atom stereocenters. The fraction of sp³-hybridized carbons (Fsp3) is 0.333. The first-order valence-corrected chi connectivity index (χ1v) is 8.67. The van der Waals surface area contributed by atoms with Crippen LogP contribution in [0.2, 0.25) is 0 Å². The van der Waals surface area contributed by atoms with E-state index in [2.05, 4.69) is 82.4 Å². The van der Waals surface area contributed by atoms with Crippen LogP contribution in [-0.2, 0) is 0 Å². The normalized spacial score (nSPS) is 23.9. The summed E-state index contributed by atoms with van der Waals surface area (Å²) < 4.78 is 7.06. The topological polar surface area (TPSA) is 16.4 Å². The molecule has 0 fully saturated rings. The molecule has 0 N–H and O–H groups in total. The Bertz CT molecular complexity index is 953. The lowest BCUT2D eigenvalue weighted by molar-refractivity contribution is 0.164. The van der Waals surface area contributed by atoms with Crippen molar-refractivity contribution in [3.05, 3.63) is 54.4 Å². The zero-order valence-electron chi connectivity index (χ0n) is 15.1. The first-order chi connectivity index (χ1) is 11.4. The van der Waals surface area contributed by atoms with E-state index >= 15 is 0 Å². The third-order valence-electron chi connectivity index (χ3n) is 5.56. The zero-order chi connectivity index (χ0) is 17.1. The minimum absolute atomic E-state index is 0.336. The molecule has 0 radical (unpaired) electrons. The summed E-state index contributed by atoms with van der Waals surface area (Å²) in [5.74, 6) is 0. The van der Waals surface area contributed by atoms with Gasteiger partial charge in [0.25, 0.3) is 0 Å². The molecule has 24 heavy (non-hydrogen) atoms. The Hall–Kier alpha value is -2.26. The first-order valence-electron chi connectivity index (χ1n) is 8.67. The number of hydrogen-bond donors (Lipinski definition) is 0. The molecule has 0 amide bonds. The van der Waals surface area contributed by atoms with E-state index in [1.165, 1.54) is 22.0 Å². The van der Waals surface area contributed by atoms with Gasteiger partial charge in [-0.2, -0.15) is 0 Å². The molecule has 1 aliphatic rings. The summed E-state index contributed by atoms with van der Waals surface area (Å²) in [6, 6.07) is 13.2. The lowest BCUT2D eigenvalue weighted by atomic mass is 10.1. The minimum Gasteiger partial charge on any atom is -0.450 e. The molecule has 2 unspecified atom stereocenters. The highest BCUT2D eigenvalue weighted by atomic mass is 16.3. The van der Waals surface area contributed by atoms with E-state index < -0.39 is 0 Å². The average molecular weight is 321 g/mol. The number of para-hydroxylation sites is 1. The van der Waals surface area contributed by atoms with Gasteiger partial charge >= 0.3 is 0 Å². The van der Waals surface area contributed by atoms with Gasteiger partial charge in [0, 0.05) is 29.3 Å². The zero-order valence-corrected chi connectivity index (χ0v) is 15.1. The molecule has 124 valence electrons. The van der Waals surface area contributed by atoms with E-state index in [1.807, 2.05) is 6.07 Å².